The van der Waals surface area contributed by atoms with E-state index in [2.05, 4.69) is 19.9 Å². The predicted molar refractivity (Wildman–Crippen MR) is 135 cm³/mol. The first-order valence-corrected chi connectivity index (χ1v) is 13.7. The van der Waals surface area contributed by atoms with Gasteiger partial charge in [-0.25, -0.2) is 0 Å². The maximum atomic E-state index is 12.3. The second-order valence-corrected chi connectivity index (χ2v) is 12.1. The van der Waals surface area contributed by atoms with Crippen LogP contribution in [0.3, 0.4) is 0 Å². The van der Waals surface area contributed by atoms with Crippen molar-refractivity contribution in [2.45, 2.75) is 97.6 Å². The monoisotopic (exact) mass is 520 g/mol. The third-order valence-corrected chi connectivity index (χ3v) is 10.2. The number of carbonyl (C=O) groups is 3. The van der Waals surface area contributed by atoms with Crippen molar-refractivity contribution in [1.29, 1.82) is 0 Å². The summed E-state index contributed by atoms with van der Waals surface area (Å²) in [6.45, 7) is 9.38. The molecule has 8 heteroatoms. The van der Waals surface area contributed by atoms with Crippen molar-refractivity contribution in [3.05, 3.63) is 11.6 Å². The van der Waals surface area contributed by atoms with Crippen LogP contribution in [0, 0.1) is 34.5 Å². The summed E-state index contributed by atoms with van der Waals surface area (Å²) in [7, 11) is 3.30. The van der Waals surface area contributed by atoms with E-state index < -0.39 is 0 Å². The molecule has 4 rings (SSSR count). The fourth-order valence-corrected chi connectivity index (χ4v) is 8.75. The number of rotatable bonds is 7. The van der Waals surface area contributed by atoms with E-state index in [1.165, 1.54) is 26.3 Å². The van der Waals surface area contributed by atoms with Crippen molar-refractivity contribution < 1.29 is 38.1 Å². The van der Waals surface area contributed by atoms with Crippen LogP contribution in [0.4, 0.5) is 0 Å². The number of methoxy groups -OCH3 is 2. The number of carbonyl (C=O) groups excluding carboxylic acids is 3. The van der Waals surface area contributed by atoms with Gasteiger partial charge in [0.05, 0.1) is 12.7 Å². The minimum Gasteiger partial charge on any atom is -0.460 e. The Morgan fingerprint density at radius 3 is 2.24 bits per heavy atom. The highest BCUT2D eigenvalue weighted by molar-refractivity contribution is 5.67. The number of hydrogen-bond donors (Lipinski definition) is 0. The molecular formula is C29H44O8. The highest BCUT2D eigenvalue weighted by atomic mass is 16.6. The normalized spacial score (nSPS) is 41.4. The lowest BCUT2D eigenvalue weighted by atomic mass is 9.46. The molecule has 0 spiro atoms. The molecule has 4 aliphatic carbocycles. The molecule has 0 N–H and O–H groups in total. The van der Waals surface area contributed by atoms with Gasteiger partial charge in [0, 0.05) is 46.8 Å². The number of fused-ring (bicyclic) bond motifs is 5. The number of ether oxygens (including phenoxy) is 5. The quantitative estimate of drug-likeness (QED) is 0.279. The molecule has 0 heterocycles. The molecule has 0 amide bonds. The van der Waals surface area contributed by atoms with E-state index in [9.17, 15) is 14.4 Å². The van der Waals surface area contributed by atoms with Crippen LogP contribution in [0.1, 0.15) is 73.1 Å². The van der Waals surface area contributed by atoms with Crippen molar-refractivity contribution in [2.75, 3.05) is 20.8 Å². The highest BCUT2D eigenvalue weighted by Crippen LogP contribution is 2.67. The Bertz CT molecular complexity index is 929. The SMILES string of the molecule is COC[C@@H](OC(C)=O)[C@H]1CC[C@H]2[C@@H]3[C@@H](OC(C)=O)C=C4C[C@@H](OC)[C@H](OC(C)=O)C[C@]4(C)[C@H]3CC[C@]12C. The van der Waals surface area contributed by atoms with E-state index in [0.29, 0.717) is 25.4 Å². The first-order valence-electron chi connectivity index (χ1n) is 13.7. The second-order valence-electron chi connectivity index (χ2n) is 12.1. The minimum atomic E-state index is -0.314. The molecule has 0 saturated heterocycles. The summed E-state index contributed by atoms with van der Waals surface area (Å²) in [5.41, 5.74) is 0.988. The average Bonchev–Trinajstić information content (AvgIpc) is 3.15. The van der Waals surface area contributed by atoms with Crippen LogP contribution in [0.2, 0.25) is 0 Å². The lowest BCUT2D eigenvalue weighted by Crippen LogP contribution is -2.58. The third-order valence-electron chi connectivity index (χ3n) is 10.2. The van der Waals surface area contributed by atoms with E-state index in [4.69, 9.17) is 23.7 Å². The van der Waals surface area contributed by atoms with Gasteiger partial charge < -0.3 is 23.7 Å². The molecule has 208 valence electrons. The van der Waals surface area contributed by atoms with E-state index in [0.717, 1.165) is 25.7 Å². The smallest absolute Gasteiger partial charge is 0.303 e. The van der Waals surface area contributed by atoms with Gasteiger partial charge in [-0.2, -0.15) is 0 Å². The molecule has 0 radical (unpaired) electrons. The summed E-state index contributed by atoms with van der Waals surface area (Å²) in [6.07, 6.45) is 6.26. The van der Waals surface area contributed by atoms with Crippen molar-refractivity contribution in [1.82, 2.24) is 0 Å². The highest BCUT2D eigenvalue weighted by Gasteiger charge is 2.63. The molecule has 0 aromatic carbocycles. The molecular weight excluding hydrogens is 476 g/mol. The van der Waals surface area contributed by atoms with Gasteiger partial charge in [0.1, 0.15) is 18.3 Å². The van der Waals surface area contributed by atoms with Crippen LogP contribution in [-0.4, -0.2) is 63.2 Å². The Kier molecular flexibility index (Phi) is 8.11. The molecule has 3 saturated carbocycles. The van der Waals surface area contributed by atoms with Gasteiger partial charge in [0.25, 0.3) is 0 Å². The second kappa shape index (κ2) is 10.7. The molecule has 0 aromatic heterocycles. The Labute approximate surface area is 220 Å². The molecule has 0 aromatic rings. The van der Waals surface area contributed by atoms with Crippen molar-refractivity contribution >= 4 is 17.9 Å². The topological polar surface area (TPSA) is 97.4 Å². The molecule has 0 unspecified atom stereocenters. The predicted octanol–water partition coefficient (Wildman–Crippen LogP) is 4.24. The molecule has 0 aliphatic heterocycles. The molecule has 4 aliphatic rings. The summed E-state index contributed by atoms with van der Waals surface area (Å²) < 4.78 is 28.8. The van der Waals surface area contributed by atoms with E-state index in [1.807, 2.05) is 0 Å². The maximum absolute atomic E-state index is 12.3. The Morgan fingerprint density at radius 1 is 0.946 bits per heavy atom. The van der Waals surface area contributed by atoms with Gasteiger partial charge >= 0.3 is 17.9 Å². The van der Waals surface area contributed by atoms with Gasteiger partial charge in [-0.1, -0.05) is 19.4 Å². The molecule has 0 bridgehead atoms. The summed E-state index contributed by atoms with van der Waals surface area (Å²) in [5.74, 6) is 0.0367. The summed E-state index contributed by atoms with van der Waals surface area (Å²) in [6, 6.07) is 0. The van der Waals surface area contributed by atoms with Crippen LogP contribution in [0.25, 0.3) is 0 Å². The Balaban J connectivity index is 1.71. The minimum absolute atomic E-state index is 0.0705. The molecule has 3 fully saturated rings. The van der Waals surface area contributed by atoms with Crippen LogP contribution in [-0.2, 0) is 38.1 Å². The van der Waals surface area contributed by atoms with E-state index in [-0.39, 0.29) is 70.9 Å². The van der Waals surface area contributed by atoms with Gasteiger partial charge in [-0.15, -0.1) is 0 Å². The first-order chi connectivity index (χ1) is 17.4. The van der Waals surface area contributed by atoms with Crippen molar-refractivity contribution in [2.24, 2.45) is 34.5 Å². The van der Waals surface area contributed by atoms with Crippen molar-refractivity contribution in [3.8, 4) is 0 Å². The van der Waals surface area contributed by atoms with Crippen LogP contribution in [0.5, 0.6) is 0 Å². The largest absolute Gasteiger partial charge is 0.460 e. The fourth-order valence-electron chi connectivity index (χ4n) is 8.75. The fraction of sp³-hybridized carbons (Fsp3) is 0.828. The molecule has 8 nitrogen and oxygen atoms in total. The lowest BCUT2D eigenvalue weighted by molar-refractivity contribution is -0.175. The van der Waals surface area contributed by atoms with Crippen LogP contribution < -0.4 is 0 Å². The van der Waals surface area contributed by atoms with Gasteiger partial charge in [-0.05, 0) is 67.3 Å². The zero-order valence-electron chi connectivity index (χ0n) is 23.4. The first kappa shape index (κ1) is 28.1. The zero-order chi connectivity index (χ0) is 27.1. The average molecular weight is 521 g/mol. The van der Waals surface area contributed by atoms with Crippen LogP contribution in [0.15, 0.2) is 11.6 Å². The standard InChI is InChI=1S/C29H44O8/c1-16(30)35-24-13-19-12-23(34-7)25(36-17(2)31)14-29(19,5)22-10-11-28(4)20(8-9-21(28)27(22)24)26(15-33-6)37-18(3)32/h13,20-27H,8-12,14-15H2,1-7H3/t20-,21+,22+,23-,24+,25-,26-,27+,28-,29+/m1/s1. The van der Waals surface area contributed by atoms with Crippen LogP contribution >= 0.6 is 0 Å². The van der Waals surface area contributed by atoms with Gasteiger partial charge in [0.15, 0.2) is 0 Å². The van der Waals surface area contributed by atoms with E-state index in [1.54, 1.807) is 14.2 Å². The van der Waals surface area contributed by atoms with Gasteiger partial charge in [0.2, 0.25) is 0 Å². The third kappa shape index (κ3) is 5.08. The number of hydrogen-bond acceptors (Lipinski definition) is 8. The molecule has 10 atom stereocenters. The summed E-state index contributed by atoms with van der Waals surface area (Å²) in [4.78, 5) is 36.1. The zero-order valence-corrected chi connectivity index (χ0v) is 23.4. The maximum Gasteiger partial charge on any atom is 0.303 e. The molecule has 37 heavy (non-hydrogen) atoms. The number of esters is 3. The summed E-state index contributed by atoms with van der Waals surface area (Å²) in [5, 5.41) is 0. The van der Waals surface area contributed by atoms with Gasteiger partial charge in [-0.3, -0.25) is 14.4 Å². The summed E-state index contributed by atoms with van der Waals surface area (Å²) >= 11 is 0. The Hall–Kier alpha value is -1.93. The van der Waals surface area contributed by atoms with E-state index >= 15 is 0 Å². The Morgan fingerprint density at radius 2 is 1.65 bits per heavy atom. The lowest BCUT2D eigenvalue weighted by Gasteiger charge is -2.60. The van der Waals surface area contributed by atoms with Crippen molar-refractivity contribution in [3.63, 3.8) is 0 Å².